The van der Waals surface area contributed by atoms with Crippen molar-refractivity contribution in [2.75, 3.05) is 6.61 Å². The Labute approximate surface area is 110 Å². The number of halogens is 2. The Hall–Kier alpha value is -0.720. The highest BCUT2D eigenvalue weighted by Crippen LogP contribution is 2.32. The number of nitriles is 1. The van der Waals surface area contributed by atoms with E-state index in [4.69, 9.17) is 21.6 Å². The van der Waals surface area contributed by atoms with Crippen LogP contribution >= 0.6 is 27.5 Å². The molecule has 1 aromatic rings. The van der Waals surface area contributed by atoms with Crippen LogP contribution in [0.1, 0.15) is 32.8 Å². The lowest BCUT2D eigenvalue weighted by atomic mass is 10.2. The standard InChI is InChI=1S/C10H9BrClNO.C2H6/c1-2-3-14-10-7(6-13)4-8(11)5-9(10)12;1-2/h4-5H,2-3H2,1H3;1-2H3. The van der Waals surface area contributed by atoms with Crippen LogP contribution in [-0.2, 0) is 0 Å². The molecule has 2 nitrogen and oxygen atoms in total. The summed E-state index contributed by atoms with van der Waals surface area (Å²) in [6, 6.07) is 5.45. The molecule has 0 bridgehead atoms. The van der Waals surface area contributed by atoms with Crippen molar-refractivity contribution < 1.29 is 4.74 Å². The maximum absolute atomic E-state index is 8.86. The monoisotopic (exact) mass is 303 g/mol. The van der Waals surface area contributed by atoms with Crippen molar-refractivity contribution in [1.82, 2.24) is 0 Å². The number of hydrogen-bond donors (Lipinski definition) is 0. The lowest BCUT2D eigenvalue weighted by Crippen LogP contribution is -1.98. The van der Waals surface area contributed by atoms with Crippen molar-refractivity contribution in [2.45, 2.75) is 27.2 Å². The molecule has 4 heteroatoms. The van der Waals surface area contributed by atoms with Crippen LogP contribution in [0.3, 0.4) is 0 Å². The minimum atomic E-state index is 0.456. The van der Waals surface area contributed by atoms with Crippen LogP contribution in [0.15, 0.2) is 16.6 Å². The minimum Gasteiger partial charge on any atom is -0.491 e. The molecule has 16 heavy (non-hydrogen) atoms. The highest BCUT2D eigenvalue weighted by molar-refractivity contribution is 9.10. The van der Waals surface area contributed by atoms with Gasteiger partial charge >= 0.3 is 0 Å². The Kier molecular flexibility index (Phi) is 8.05. The third-order valence-corrected chi connectivity index (χ3v) is 2.32. The van der Waals surface area contributed by atoms with E-state index in [2.05, 4.69) is 15.9 Å². The largest absolute Gasteiger partial charge is 0.491 e. The molecule has 0 atom stereocenters. The second-order valence-corrected chi connectivity index (χ2v) is 4.05. The van der Waals surface area contributed by atoms with Gasteiger partial charge in [-0.3, -0.25) is 0 Å². The van der Waals surface area contributed by atoms with Gasteiger partial charge in [-0.1, -0.05) is 48.3 Å². The van der Waals surface area contributed by atoms with E-state index in [1.807, 2.05) is 26.8 Å². The summed E-state index contributed by atoms with van der Waals surface area (Å²) in [6.07, 6.45) is 0.886. The topological polar surface area (TPSA) is 33.0 Å². The van der Waals surface area contributed by atoms with Gasteiger partial charge in [0.1, 0.15) is 6.07 Å². The molecule has 0 saturated carbocycles. The molecule has 0 aliphatic heterocycles. The summed E-state index contributed by atoms with van der Waals surface area (Å²) in [5.41, 5.74) is 0.456. The Bertz CT molecular complexity index is 374. The maximum Gasteiger partial charge on any atom is 0.155 e. The molecular weight excluding hydrogens is 289 g/mol. The molecular formula is C12H15BrClNO. The number of ether oxygens (including phenoxy) is 1. The molecule has 0 aromatic heterocycles. The molecule has 88 valence electrons. The number of nitrogens with zero attached hydrogens (tertiary/aromatic N) is 1. The van der Waals surface area contributed by atoms with E-state index in [9.17, 15) is 0 Å². The van der Waals surface area contributed by atoms with E-state index in [1.54, 1.807) is 12.1 Å². The van der Waals surface area contributed by atoms with E-state index in [1.165, 1.54) is 0 Å². The van der Waals surface area contributed by atoms with Gasteiger partial charge in [0.05, 0.1) is 17.2 Å². The first-order valence-electron chi connectivity index (χ1n) is 5.21. The predicted octanol–water partition coefficient (Wildman–Crippen LogP) is 4.79. The number of hydrogen-bond acceptors (Lipinski definition) is 2. The van der Waals surface area contributed by atoms with Gasteiger partial charge in [0.2, 0.25) is 0 Å². The van der Waals surface area contributed by atoms with E-state index in [0.717, 1.165) is 10.9 Å². The van der Waals surface area contributed by atoms with Gasteiger partial charge in [-0.05, 0) is 18.6 Å². The summed E-state index contributed by atoms with van der Waals surface area (Å²) in [5, 5.41) is 9.32. The van der Waals surface area contributed by atoms with Crippen LogP contribution in [0.2, 0.25) is 5.02 Å². The predicted molar refractivity (Wildman–Crippen MR) is 71.0 cm³/mol. The summed E-state index contributed by atoms with van der Waals surface area (Å²) in [7, 11) is 0. The minimum absolute atomic E-state index is 0.456. The van der Waals surface area contributed by atoms with E-state index in [-0.39, 0.29) is 0 Å². The number of rotatable bonds is 3. The summed E-state index contributed by atoms with van der Waals surface area (Å²) >= 11 is 9.21. The summed E-state index contributed by atoms with van der Waals surface area (Å²) in [6.45, 7) is 6.56. The Balaban J connectivity index is 0.00000106. The van der Waals surface area contributed by atoms with Crippen molar-refractivity contribution in [3.63, 3.8) is 0 Å². The average Bonchev–Trinajstić information content (AvgIpc) is 2.29. The molecule has 0 aliphatic rings. The Morgan fingerprint density at radius 3 is 2.56 bits per heavy atom. The molecule has 0 fully saturated rings. The third-order valence-electron chi connectivity index (χ3n) is 1.58. The molecule has 0 spiro atoms. The van der Waals surface area contributed by atoms with Gasteiger partial charge in [0.25, 0.3) is 0 Å². The first-order valence-corrected chi connectivity index (χ1v) is 6.38. The van der Waals surface area contributed by atoms with E-state index >= 15 is 0 Å². The molecule has 0 heterocycles. The van der Waals surface area contributed by atoms with Gasteiger partial charge in [-0.2, -0.15) is 5.26 Å². The molecule has 0 radical (unpaired) electrons. The smallest absolute Gasteiger partial charge is 0.155 e. The SMILES string of the molecule is CC.CCCOc1c(Cl)cc(Br)cc1C#N. The maximum atomic E-state index is 8.86. The first kappa shape index (κ1) is 15.3. The zero-order valence-electron chi connectivity index (χ0n) is 9.68. The second kappa shape index (κ2) is 8.43. The molecule has 0 aliphatic carbocycles. The zero-order chi connectivity index (χ0) is 12.6. The Morgan fingerprint density at radius 2 is 2.06 bits per heavy atom. The van der Waals surface area contributed by atoms with Crippen molar-refractivity contribution in [2.24, 2.45) is 0 Å². The quantitative estimate of drug-likeness (QED) is 0.804. The van der Waals surface area contributed by atoms with Crippen LogP contribution in [0.4, 0.5) is 0 Å². The number of benzene rings is 1. The highest BCUT2D eigenvalue weighted by atomic mass is 79.9. The summed E-state index contributed by atoms with van der Waals surface area (Å²) in [4.78, 5) is 0. The van der Waals surface area contributed by atoms with Crippen molar-refractivity contribution in [3.8, 4) is 11.8 Å². The Morgan fingerprint density at radius 1 is 1.44 bits per heavy atom. The second-order valence-electron chi connectivity index (χ2n) is 2.72. The van der Waals surface area contributed by atoms with Gasteiger partial charge in [0, 0.05) is 4.47 Å². The lowest BCUT2D eigenvalue weighted by Gasteiger charge is -2.08. The fraction of sp³-hybridized carbons (Fsp3) is 0.417. The van der Waals surface area contributed by atoms with Gasteiger partial charge in [0.15, 0.2) is 5.75 Å². The lowest BCUT2D eigenvalue weighted by molar-refractivity contribution is 0.316. The zero-order valence-corrected chi connectivity index (χ0v) is 12.0. The highest BCUT2D eigenvalue weighted by Gasteiger charge is 2.09. The fourth-order valence-corrected chi connectivity index (χ4v) is 1.86. The molecule has 1 rings (SSSR count). The van der Waals surface area contributed by atoms with Crippen molar-refractivity contribution in [3.05, 3.63) is 27.2 Å². The van der Waals surface area contributed by atoms with Crippen molar-refractivity contribution in [1.29, 1.82) is 5.26 Å². The summed E-state index contributed by atoms with van der Waals surface area (Å²) in [5.74, 6) is 0.471. The van der Waals surface area contributed by atoms with Gasteiger partial charge in [-0.25, -0.2) is 0 Å². The van der Waals surface area contributed by atoms with Crippen LogP contribution in [0, 0.1) is 11.3 Å². The molecule has 0 saturated heterocycles. The molecule has 0 amide bonds. The molecule has 0 unspecified atom stereocenters. The van der Waals surface area contributed by atoms with Crippen LogP contribution < -0.4 is 4.74 Å². The van der Waals surface area contributed by atoms with Gasteiger partial charge in [-0.15, -0.1) is 0 Å². The average molecular weight is 305 g/mol. The van der Waals surface area contributed by atoms with E-state index in [0.29, 0.717) is 22.9 Å². The van der Waals surface area contributed by atoms with Crippen LogP contribution in [0.25, 0.3) is 0 Å². The molecule has 1 aromatic carbocycles. The van der Waals surface area contributed by atoms with E-state index < -0.39 is 0 Å². The molecule has 0 N–H and O–H groups in total. The van der Waals surface area contributed by atoms with Crippen molar-refractivity contribution >= 4 is 27.5 Å². The van der Waals surface area contributed by atoms with Crippen LogP contribution in [-0.4, -0.2) is 6.61 Å². The summed E-state index contributed by atoms with van der Waals surface area (Å²) < 4.78 is 6.17. The van der Waals surface area contributed by atoms with Crippen LogP contribution in [0.5, 0.6) is 5.75 Å². The first-order chi connectivity index (χ1) is 7.69. The normalized spacial score (nSPS) is 8.75. The third kappa shape index (κ3) is 4.42. The van der Waals surface area contributed by atoms with Gasteiger partial charge < -0.3 is 4.74 Å². The fourth-order valence-electron chi connectivity index (χ4n) is 0.994.